The largest absolute Gasteiger partial charge is 0.320 e. The lowest BCUT2D eigenvalue weighted by Gasteiger charge is -2.12. The van der Waals surface area contributed by atoms with Crippen LogP contribution in [0.1, 0.15) is 23.0 Å². The fourth-order valence-corrected chi connectivity index (χ4v) is 1.67. The van der Waals surface area contributed by atoms with Crippen LogP contribution in [0.2, 0.25) is 0 Å². The highest BCUT2D eigenvalue weighted by molar-refractivity contribution is 6.08. The second kappa shape index (κ2) is 5.66. The fourth-order valence-electron chi connectivity index (χ4n) is 1.67. The summed E-state index contributed by atoms with van der Waals surface area (Å²) in [4.78, 5) is 23.8. The van der Waals surface area contributed by atoms with Crippen LogP contribution < -0.4 is 11.2 Å². The van der Waals surface area contributed by atoms with Crippen LogP contribution in [0.3, 0.4) is 0 Å². The van der Waals surface area contributed by atoms with E-state index >= 15 is 0 Å². The Kier molecular flexibility index (Phi) is 3.95. The maximum Gasteiger partial charge on any atom is 0.255 e. The molecule has 0 aliphatic carbocycles. The highest BCUT2D eigenvalue weighted by Gasteiger charge is 2.18. The molecule has 20 heavy (non-hydrogen) atoms. The number of aromatic nitrogens is 1. The van der Waals surface area contributed by atoms with Gasteiger partial charge in [-0.1, -0.05) is 12.1 Å². The maximum absolute atomic E-state index is 13.6. The van der Waals surface area contributed by atoms with Gasteiger partial charge in [0, 0.05) is 6.20 Å². The van der Waals surface area contributed by atoms with Gasteiger partial charge in [-0.2, -0.15) is 0 Å². The zero-order valence-electron chi connectivity index (χ0n) is 10.8. The van der Waals surface area contributed by atoms with E-state index in [1.807, 2.05) is 0 Å². The third-order valence-electron chi connectivity index (χ3n) is 2.74. The molecular weight excluding hydrogens is 261 g/mol. The predicted molar refractivity (Wildman–Crippen MR) is 72.3 cm³/mol. The van der Waals surface area contributed by atoms with Crippen molar-refractivity contribution in [1.29, 1.82) is 0 Å². The number of nitrogens with zero attached hydrogens (tertiary/aromatic N) is 1. The Morgan fingerprint density at radius 3 is 2.60 bits per heavy atom. The standard InChI is InChI=1S/C14H14FN3O2/c1-9(16)14(20)17-18-8-4-7-12(18)13(19)10-5-2-3-6-11(10)15/h2-9H,16H2,1H3,(H,17,20). The normalized spacial score (nSPS) is 11.9. The number of nitrogens with two attached hydrogens (primary N) is 1. The molecule has 0 aliphatic rings. The van der Waals surface area contributed by atoms with Gasteiger partial charge in [0.15, 0.2) is 0 Å². The van der Waals surface area contributed by atoms with Gasteiger partial charge in [-0.3, -0.25) is 19.7 Å². The van der Waals surface area contributed by atoms with Crippen LogP contribution in [0, 0.1) is 5.82 Å². The average molecular weight is 275 g/mol. The van der Waals surface area contributed by atoms with Gasteiger partial charge >= 0.3 is 0 Å². The molecule has 0 bridgehead atoms. The first-order valence-electron chi connectivity index (χ1n) is 6.03. The van der Waals surface area contributed by atoms with Gasteiger partial charge in [0.05, 0.1) is 11.6 Å². The summed E-state index contributed by atoms with van der Waals surface area (Å²) < 4.78 is 14.9. The Morgan fingerprint density at radius 2 is 1.95 bits per heavy atom. The quantitative estimate of drug-likeness (QED) is 0.825. The summed E-state index contributed by atoms with van der Waals surface area (Å²) in [7, 11) is 0. The molecule has 2 rings (SSSR count). The van der Waals surface area contributed by atoms with Crippen LogP contribution in [0.15, 0.2) is 42.6 Å². The van der Waals surface area contributed by atoms with Gasteiger partial charge in [-0.05, 0) is 31.2 Å². The molecule has 1 aromatic heterocycles. The number of halogens is 1. The van der Waals surface area contributed by atoms with Gasteiger partial charge in [-0.25, -0.2) is 4.39 Å². The van der Waals surface area contributed by atoms with E-state index in [0.29, 0.717) is 0 Å². The third kappa shape index (κ3) is 2.75. The Morgan fingerprint density at radius 1 is 1.25 bits per heavy atom. The Labute approximate surface area is 115 Å². The summed E-state index contributed by atoms with van der Waals surface area (Å²) in [6, 6.07) is 8.04. The summed E-state index contributed by atoms with van der Waals surface area (Å²) >= 11 is 0. The highest BCUT2D eigenvalue weighted by atomic mass is 19.1. The van der Waals surface area contributed by atoms with Crippen LogP contribution >= 0.6 is 0 Å². The molecule has 2 aromatic rings. The van der Waals surface area contributed by atoms with Crippen LogP contribution in [-0.4, -0.2) is 22.4 Å². The number of nitrogens with one attached hydrogen (secondary N) is 1. The summed E-state index contributed by atoms with van der Waals surface area (Å²) in [6.07, 6.45) is 1.49. The Bertz CT molecular complexity index is 649. The first kappa shape index (κ1) is 14.0. The molecule has 5 nitrogen and oxygen atoms in total. The topological polar surface area (TPSA) is 77.1 Å². The van der Waals surface area contributed by atoms with E-state index in [-0.39, 0.29) is 11.3 Å². The van der Waals surface area contributed by atoms with E-state index in [9.17, 15) is 14.0 Å². The summed E-state index contributed by atoms with van der Waals surface area (Å²) in [6.45, 7) is 1.52. The van der Waals surface area contributed by atoms with E-state index in [1.165, 1.54) is 42.1 Å². The van der Waals surface area contributed by atoms with Gasteiger partial charge in [0.25, 0.3) is 5.91 Å². The molecule has 0 saturated heterocycles. The molecule has 0 radical (unpaired) electrons. The van der Waals surface area contributed by atoms with E-state index in [1.54, 1.807) is 12.1 Å². The molecule has 6 heteroatoms. The van der Waals surface area contributed by atoms with Crippen molar-refractivity contribution in [3.63, 3.8) is 0 Å². The van der Waals surface area contributed by atoms with Crippen LogP contribution in [-0.2, 0) is 4.79 Å². The number of hydrogen-bond donors (Lipinski definition) is 2. The van der Waals surface area contributed by atoms with E-state index in [0.717, 1.165) is 0 Å². The molecule has 0 spiro atoms. The lowest BCUT2D eigenvalue weighted by atomic mass is 10.1. The van der Waals surface area contributed by atoms with E-state index < -0.39 is 23.5 Å². The monoisotopic (exact) mass is 275 g/mol. The van der Waals surface area contributed by atoms with Crippen molar-refractivity contribution in [2.75, 3.05) is 5.43 Å². The van der Waals surface area contributed by atoms with Crippen molar-refractivity contribution in [1.82, 2.24) is 4.68 Å². The molecule has 1 atom stereocenters. The van der Waals surface area contributed by atoms with Crippen LogP contribution in [0.25, 0.3) is 0 Å². The highest BCUT2D eigenvalue weighted by Crippen LogP contribution is 2.13. The molecule has 0 aliphatic heterocycles. The Hall–Kier alpha value is -2.47. The second-order valence-corrected chi connectivity index (χ2v) is 4.34. The van der Waals surface area contributed by atoms with E-state index in [2.05, 4.69) is 5.43 Å². The van der Waals surface area contributed by atoms with Crippen molar-refractivity contribution in [3.8, 4) is 0 Å². The molecule has 1 unspecified atom stereocenters. The van der Waals surface area contributed by atoms with Crippen molar-refractivity contribution < 1.29 is 14.0 Å². The van der Waals surface area contributed by atoms with Gasteiger partial charge < -0.3 is 5.73 Å². The predicted octanol–water partition coefficient (Wildman–Crippen LogP) is 1.28. The number of carbonyl (C=O) groups excluding carboxylic acids is 2. The lowest BCUT2D eigenvalue weighted by Crippen LogP contribution is -2.37. The first-order chi connectivity index (χ1) is 9.50. The van der Waals surface area contributed by atoms with Crippen molar-refractivity contribution >= 4 is 11.7 Å². The minimum atomic E-state index is -0.714. The molecule has 0 saturated carbocycles. The fraction of sp³-hybridized carbons (Fsp3) is 0.143. The zero-order valence-corrected chi connectivity index (χ0v) is 10.8. The molecular formula is C14H14FN3O2. The first-order valence-corrected chi connectivity index (χ1v) is 6.03. The zero-order chi connectivity index (χ0) is 14.7. The summed E-state index contributed by atoms with van der Waals surface area (Å²) in [5.74, 6) is -1.56. The molecule has 104 valence electrons. The summed E-state index contributed by atoms with van der Waals surface area (Å²) in [5, 5.41) is 0. The maximum atomic E-state index is 13.6. The average Bonchev–Trinajstić information content (AvgIpc) is 2.86. The van der Waals surface area contributed by atoms with Crippen LogP contribution in [0.4, 0.5) is 4.39 Å². The van der Waals surface area contributed by atoms with Crippen molar-refractivity contribution in [2.24, 2.45) is 5.73 Å². The molecule has 0 fully saturated rings. The SMILES string of the molecule is CC(N)C(=O)Nn1cccc1C(=O)c1ccccc1F. The number of benzene rings is 1. The summed E-state index contributed by atoms with van der Waals surface area (Å²) in [5.41, 5.74) is 8.02. The van der Waals surface area contributed by atoms with Gasteiger partial charge in [0.1, 0.15) is 11.5 Å². The van der Waals surface area contributed by atoms with Crippen LogP contribution in [0.5, 0.6) is 0 Å². The van der Waals surface area contributed by atoms with Gasteiger partial charge in [0.2, 0.25) is 5.78 Å². The molecule has 3 N–H and O–H groups in total. The number of ketones is 1. The molecule has 1 aromatic carbocycles. The second-order valence-electron chi connectivity index (χ2n) is 4.34. The van der Waals surface area contributed by atoms with Crippen molar-refractivity contribution in [3.05, 3.63) is 59.7 Å². The number of carbonyl (C=O) groups is 2. The molecule has 1 heterocycles. The molecule has 1 amide bonds. The smallest absolute Gasteiger partial charge is 0.255 e. The van der Waals surface area contributed by atoms with E-state index in [4.69, 9.17) is 5.73 Å². The third-order valence-corrected chi connectivity index (χ3v) is 2.74. The number of amides is 1. The van der Waals surface area contributed by atoms with Gasteiger partial charge in [-0.15, -0.1) is 0 Å². The lowest BCUT2D eigenvalue weighted by molar-refractivity contribution is -0.117. The minimum absolute atomic E-state index is 0.0532. The minimum Gasteiger partial charge on any atom is -0.320 e. The number of rotatable bonds is 4. The Balaban J connectivity index is 2.31. The van der Waals surface area contributed by atoms with Crippen molar-refractivity contribution in [2.45, 2.75) is 13.0 Å². The number of hydrogen-bond acceptors (Lipinski definition) is 3.